The molecule has 1 aromatic heterocycles. The van der Waals surface area contributed by atoms with Crippen LogP contribution in [0.1, 0.15) is 57.1 Å². The van der Waals surface area contributed by atoms with Gasteiger partial charge in [0.05, 0.1) is 32.7 Å². The standard InChI is InChI=1S/C44H65N13O8/c1-3-4-19-55(30(2)58)27-38(60)51-26-41(63)56(20-11-10-17-45)28-39(61)54-36(22-31-13-6-5-7-14-31)43(65)57(21-12-18-49-44(47)48)29-40(62)53-35(42(64)52-25-37(46)59)23-32-24-50-34-16-9-8-15-33(32)34/h5-9,13-16,24,35-36,50H,3-4,10-12,17-23,25-29,45H2,1-2H3,(H2,46,59)(H,51,60)(H,52,64)(H,53,62)(H,54,61)(H4,47,48,49)/t35-,36+/m0/s1. The summed E-state index contributed by atoms with van der Waals surface area (Å²) in [5.74, 6) is -5.09. The Bertz CT molecular complexity index is 2090. The summed E-state index contributed by atoms with van der Waals surface area (Å²) in [7, 11) is 0. The van der Waals surface area contributed by atoms with Gasteiger partial charge in [-0.3, -0.25) is 43.3 Å². The molecule has 354 valence electrons. The highest BCUT2D eigenvalue weighted by atomic mass is 16.2. The number of aromatic amines is 1. The number of amides is 8. The molecule has 21 nitrogen and oxygen atoms in total. The van der Waals surface area contributed by atoms with Crippen molar-refractivity contribution in [1.82, 2.24) is 41.0 Å². The van der Waals surface area contributed by atoms with Crippen LogP contribution in [0.5, 0.6) is 0 Å². The number of nitrogens with one attached hydrogen (secondary N) is 5. The third kappa shape index (κ3) is 19.1. The number of H-pyrrole nitrogens is 1. The third-order valence-electron chi connectivity index (χ3n) is 10.2. The summed E-state index contributed by atoms with van der Waals surface area (Å²) >= 11 is 0. The lowest BCUT2D eigenvalue weighted by molar-refractivity contribution is -0.141. The number of aliphatic imine (C=N–C) groups is 1. The number of hydrogen-bond acceptors (Lipinski definition) is 10. The summed E-state index contributed by atoms with van der Waals surface area (Å²) in [5, 5.41) is 11.3. The number of carbonyl (C=O) groups excluding carboxylic acids is 8. The summed E-state index contributed by atoms with van der Waals surface area (Å²) in [6.45, 7) is 2.05. The zero-order chi connectivity index (χ0) is 47.7. The molecule has 0 spiro atoms. The Hall–Kier alpha value is -7.03. The van der Waals surface area contributed by atoms with E-state index in [1.54, 1.807) is 36.5 Å². The molecule has 0 fully saturated rings. The van der Waals surface area contributed by atoms with Gasteiger partial charge in [0.1, 0.15) is 12.1 Å². The second kappa shape index (κ2) is 27.9. The monoisotopic (exact) mass is 904 g/mol. The molecule has 0 aliphatic rings. The Morgan fingerprint density at radius 1 is 0.692 bits per heavy atom. The van der Waals surface area contributed by atoms with Gasteiger partial charge in [0.15, 0.2) is 5.96 Å². The van der Waals surface area contributed by atoms with Crippen LogP contribution in [0.2, 0.25) is 0 Å². The van der Waals surface area contributed by atoms with E-state index in [0.717, 1.165) is 17.3 Å². The number of carbonyl (C=O) groups is 8. The number of para-hydroxylation sites is 1. The molecule has 0 unspecified atom stereocenters. The number of guanidine groups is 1. The number of primary amides is 1. The van der Waals surface area contributed by atoms with Gasteiger partial charge < -0.3 is 63.9 Å². The first-order chi connectivity index (χ1) is 31.1. The van der Waals surface area contributed by atoms with E-state index in [-0.39, 0.29) is 57.3 Å². The Balaban J connectivity index is 1.86. The number of fused-ring (bicyclic) bond motifs is 1. The minimum Gasteiger partial charge on any atom is -0.370 e. The van der Waals surface area contributed by atoms with Crippen LogP contribution in [0, 0.1) is 0 Å². The molecule has 65 heavy (non-hydrogen) atoms. The van der Waals surface area contributed by atoms with E-state index in [1.807, 2.05) is 31.2 Å². The molecule has 3 aromatic rings. The van der Waals surface area contributed by atoms with E-state index < -0.39 is 79.6 Å². The van der Waals surface area contributed by atoms with Gasteiger partial charge in [-0.05, 0) is 49.4 Å². The summed E-state index contributed by atoms with van der Waals surface area (Å²) < 4.78 is 0. The number of nitrogens with two attached hydrogens (primary N) is 4. The van der Waals surface area contributed by atoms with Crippen LogP contribution >= 0.6 is 0 Å². The molecule has 21 heteroatoms. The summed E-state index contributed by atoms with van der Waals surface area (Å²) in [5.41, 5.74) is 24.2. The molecule has 0 aliphatic heterocycles. The van der Waals surface area contributed by atoms with Gasteiger partial charge in [-0.25, -0.2) is 0 Å². The van der Waals surface area contributed by atoms with Crippen LogP contribution in [0.25, 0.3) is 10.9 Å². The van der Waals surface area contributed by atoms with Crippen molar-refractivity contribution in [3.05, 3.63) is 71.9 Å². The molecule has 8 amide bonds. The van der Waals surface area contributed by atoms with E-state index in [2.05, 4.69) is 31.2 Å². The Kier molecular flexibility index (Phi) is 22.5. The molecule has 13 N–H and O–H groups in total. The molecule has 2 atom stereocenters. The van der Waals surface area contributed by atoms with Gasteiger partial charge >= 0.3 is 0 Å². The lowest BCUT2D eigenvalue weighted by Crippen LogP contribution is -2.56. The lowest BCUT2D eigenvalue weighted by Gasteiger charge is -2.29. The van der Waals surface area contributed by atoms with Crippen LogP contribution in [-0.4, -0.2) is 150 Å². The maximum Gasteiger partial charge on any atom is 0.245 e. The molecule has 3 rings (SSSR count). The molecular weight excluding hydrogens is 839 g/mol. The molecule has 0 saturated heterocycles. The highest BCUT2D eigenvalue weighted by Crippen LogP contribution is 2.19. The SMILES string of the molecule is CCCCN(CC(=O)NCC(=O)N(CCCCN)CC(=O)N[C@H](Cc1ccccc1)C(=O)N(CCCN=C(N)N)CC(=O)N[C@@H](Cc1c[nH]c2ccccc12)C(=O)NCC(N)=O)C(C)=O. The lowest BCUT2D eigenvalue weighted by atomic mass is 10.0. The second-order valence-corrected chi connectivity index (χ2v) is 15.5. The normalized spacial score (nSPS) is 11.7. The third-order valence-corrected chi connectivity index (χ3v) is 10.2. The van der Waals surface area contributed by atoms with E-state index in [0.29, 0.717) is 43.5 Å². The van der Waals surface area contributed by atoms with Gasteiger partial charge in [-0.2, -0.15) is 0 Å². The van der Waals surface area contributed by atoms with Crippen molar-refractivity contribution in [3.8, 4) is 0 Å². The summed E-state index contributed by atoms with van der Waals surface area (Å²) in [4.78, 5) is 117. The second-order valence-electron chi connectivity index (χ2n) is 15.5. The van der Waals surface area contributed by atoms with Crippen LogP contribution in [0.3, 0.4) is 0 Å². The highest BCUT2D eigenvalue weighted by Gasteiger charge is 2.31. The highest BCUT2D eigenvalue weighted by molar-refractivity contribution is 5.95. The van der Waals surface area contributed by atoms with E-state index in [1.165, 1.54) is 21.6 Å². The molecule has 0 aliphatic carbocycles. The fourth-order valence-corrected chi connectivity index (χ4v) is 6.81. The van der Waals surface area contributed by atoms with Crippen molar-refractivity contribution >= 4 is 64.1 Å². The number of unbranched alkanes of at least 4 members (excludes halogenated alkanes) is 2. The van der Waals surface area contributed by atoms with Crippen molar-refractivity contribution in [3.63, 3.8) is 0 Å². The Morgan fingerprint density at radius 3 is 1.98 bits per heavy atom. The van der Waals surface area contributed by atoms with Crippen LogP contribution in [-0.2, 0) is 51.2 Å². The first-order valence-electron chi connectivity index (χ1n) is 21.7. The molecular formula is C44H65N13O8. The largest absolute Gasteiger partial charge is 0.370 e. The Morgan fingerprint density at radius 2 is 1.32 bits per heavy atom. The van der Waals surface area contributed by atoms with Crippen molar-refractivity contribution in [2.45, 2.75) is 70.9 Å². The van der Waals surface area contributed by atoms with Crippen molar-refractivity contribution in [2.24, 2.45) is 27.9 Å². The van der Waals surface area contributed by atoms with Crippen molar-refractivity contribution in [1.29, 1.82) is 0 Å². The molecule has 1 heterocycles. The van der Waals surface area contributed by atoms with E-state index in [9.17, 15) is 38.4 Å². The van der Waals surface area contributed by atoms with Gasteiger partial charge in [0.2, 0.25) is 47.3 Å². The predicted octanol–water partition coefficient (Wildman–Crippen LogP) is -1.65. The fourth-order valence-electron chi connectivity index (χ4n) is 6.81. The number of nitrogens with zero attached hydrogens (tertiary/aromatic N) is 4. The predicted molar refractivity (Wildman–Crippen MR) is 245 cm³/mol. The maximum absolute atomic E-state index is 14.6. The van der Waals surface area contributed by atoms with E-state index >= 15 is 0 Å². The molecule has 0 bridgehead atoms. The molecule has 2 aromatic carbocycles. The van der Waals surface area contributed by atoms with Crippen LogP contribution < -0.4 is 44.2 Å². The maximum atomic E-state index is 14.6. The minimum absolute atomic E-state index is 0.00198. The number of aromatic nitrogens is 1. The summed E-state index contributed by atoms with van der Waals surface area (Å²) in [6.07, 6.45) is 4.46. The van der Waals surface area contributed by atoms with Crippen molar-refractivity contribution < 1.29 is 38.4 Å². The minimum atomic E-state index is -1.25. The zero-order valence-corrected chi connectivity index (χ0v) is 37.3. The summed E-state index contributed by atoms with van der Waals surface area (Å²) in [6, 6.07) is 13.8. The van der Waals surface area contributed by atoms with Gasteiger partial charge in [-0.1, -0.05) is 61.9 Å². The first kappa shape index (κ1) is 52.3. The van der Waals surface area contributed by atoms with Gasteiger partial charge in [0.25, 0.3) is 0 Å². The average Bonchev–Trinajstić information content (AvgIpc) is 3.68. The number of rotatable bonds is 29. The first-order valence-corrected chi connectivity index (χ1v) is 21.7. The number of hydrogen-bond donors (Lipinski definition) is 9. The quantitative estimate of drug-likeness (QED) is 0.0216. The fraction of sp³-hybridized carbons (Fsp3) is 0.477. The van der Waals surface area contributed by atoms with Crippen molar-refractivity contribution in [2.75, 3.05) is 65.4 Å². The smallest absolute Gasteiger partial charge is 0.245 e. The Labute approximate surface area is 378 Å². The average molecular weight is 904 g/mol. The van der Waals surface area contributed by atoms with Gasteiger partial charge in [0, 0.05) is 63.0 Å². The van der Waals surface area contributed by atoms with Crippen LogP contribution in [0.15, 0.2) is 65.8 Å². The van der Waals surface area contributed by atoms with Gasteiger partial charge in [-0.15, -0.1) is 0 Å². The number of benzene rings is 2. The topological polar surface area (TPSA) is 327 Å². The van der Waals surface area contributed by atoms with Crippen LogP contribution in [0.4, 0.5) is 0 Å². The molecule has 0 radical (unpaired) electrons. The van der Waals surface area contributed by atoms with E-state index in [4.69, 9.17) is 22.9 Å². The molecule has 0 saturated carbocycles. The zero-order valence-electron chi connectivity index (χ0n) is 37.3.